The molecule has 0 aliphatic heterocycles. The summed E-state index contributed by atoms with van der Waals surface area (Å²) >= 11 is 3.34. The van der Waals surface area contributed by atoms with E-state index in [1.165, 1.54) is 20.2 Å². The number of halogens is 1. The lowest BCUT2D eigenvalue weighted by atomic mass is 10.2. The quantitative estimate of drug-likeness (QED) is 0.769. The molecule has 1 amide bonds. The number of para-hydroxylation sites is 1. The molecule has 0 aliphatic rings. The first-order chi connectivity index (χ1) is 11.7. The van der Waals surface area contributed by atoms with Crippen LogP contribution in [-0.4, -0.2) is 39.3 Å². The summed E-state index contributed by atoms with van der Waals surface area (Å²) in [6.07, 6.45) is 0. The number of hydrogen-bond donors (Lipinski definition) is 1. The van der Waals surface area contributed by atoms with Gasteiger partial charge in [-0.2, -0.15) is 0 Å². The molecule has 0 saturated carbocycles. The first kappa shape index (κ1) is 19.4. The minimum Gasteiger partial charge on any atom is -0.483 e. The molecule has 8 heteroatoms. The number of carbonyl (C=O) groups excluding carboxylic acids is 1. The van der Waals surface area contributed by atoms with Crippen LogP contribution in [0.15, 0.2) is 51.8 Å². The highest BCUT2D eigenvalue weighted by atomic mass is 79.9. The minimum atomic E-state index is -3.58. The van der Waals surface area contributed by atoms with Crippen LogP contribution in [0, 0.1) is 6.92 Å². The van der Waals surface area contributed by atoms with Crippen LogP contribution in [0.4, 0.5) is 5.69 Å². The van der Waals surface area contributed by atoms with Crippen LogP contribution in [-0.2, 0) is 14.8 Å². The monoisotopic (exact) mass is 426 g/mol. The van der Waals surface area contributed by atoms with Gasteiger partial charge in [0.15, 0.2) is 6.61 Å². The smallest absolute Gasteiger partial charge is 0.262 e. The fraction of sp³-hybridized carbons (Fsp3) is 0.235. The van der Waals surface area contributed by atoms with Crippen LogP contribution in [0.2, 0.25) is 0 Å². The van der Waals surface area contributed by atoms with Gasteiger partial charge in [-0.3, -0.25) is 4.79 Å². The van der Waals surface area contributed by atoms with Gasteiger partial charge in [-0.25, -0.2) is 12.7 Å². The van der Waals surface area contributed by atoms with E-state index < -0.39 is 10.0 Å². The largest absolute Gasteiger partial charge is 0.483 e. The zero-order valence-corrected chi connectivity index (χ0v) is 16.5. The van der Waals surface area contributed by atoms with Gasteiger partial charge in [0.2, 0.25) is 10.0 Å². The Bertz CT molecular complexity index is 882. The van der Waals surface area contributed by atoms with Crippen LogP contribution in [0.25, 0.3) is 0 Å². The third kappa shape index (κ3) is 4.81. The Morgan fingerprint density at radius 2 is 1.88 bits per heavy atom. The van der Waals surface area contributed by atoms with Crippen LogP contribution in [0.1, 0.15) is 5.56 Å². The Morgan fingerprint density at radius 1 is 1.20 bits per heavy atom. The zero-order valence-electron chi connectivity index (χ0n) is 14.1. The predicted octanol–water partition coefficient (Wildman–Crippen LogP) is 3.03. The Labute approximate surface area is 156 Å². The first-order valence-corrected chi connectivity index (χ1v) is 9.65. The molecule has 1 N–H and O–H groups in total. The van der Waals surface area contributed by atoms with E-state index in [4.69, 9.17) is 4.74 Å². The van der Waals surface area contributed by atoms with E-state index in [2.05, 4.69) is 21.2 Å². The highest BCUT2D eigenvalue weighted by molar-refractivity contribution is 9.10. The lowest BCUT2D eigenvalue weighted by Crippen LogP contribution is -2.24. The first-order valence-electron chi connectivity index (χ1n) is 7.42. The number of nitrogens with one attached hydrogen (secondary N) is 1. The summed E-state index contributed by atoms with van der Waals surface area (Å²) in [5.74, 6) is 0.172. The standard InChI is InChI=1S/C17H19BrN2O4S/c1-12-8-9-13(10-16(12)25(22,23)20(2)3)19-17(21)11-24-15-7-5-4-6-14(15)18/h4-10H,11H2,1-3H3,(H,19,21). The van der Waals surface area contributed by atoms with Crippen LogP contribution in [0.3, 0.4) is 0 Å². The summed E-state index contributed by atoms with van der Waals surface area (Å²) in [4.78, 5) is 12.2. The van der Waals surface area contributed by atoms with Crippen molar-refractivity contribution in [2.24, 2.45) is 0 Å². The van der Waals surface area contributed by atoms with Crippen molar-refractivity contribution in [2.45, 2.75) is 11.8 Å². The zero-order chi connectivity index (χ0) is 18.6. The second-order valence-electron chi connectivity index (χ2n) is 5.53. The molecular formula is C17H19BrN2O4S. The molecular weight excluding hydrogens is 408 g/mol. The van der Waals surface area contributed by atoms with Gasteiger partial charge in [-0.1, -0.05) is 18.2 Å². The van der Waals surface area contributed by atoms with Crippen molar-refractivity contribution in [3.63, 3.8) is 0 Å². The normalized spacial score (nSPS) is 11.4. The molecule has 2 aromatic carbocycles. The van der Waals surface area contributed by atoms with Gasteiger partial charge in [-0.15, -0.1) is 0 Å². The van der Waals surface area contributed by atoms with E-state index in [1.807, 2.05) is 12.1 Å². The van der Waals surface area contributed by atoms with Crippen molar-refractivity contribution in [3.8, 4) is 5.75 Å². The number of aryl methyl sites for hydroxylation is 1. The lowest BCUT2D eigenvalue weighted by molar-refractivity contribution is -0.118. The maximum absolute atomic E-state index is 12.3. The SMILES string of the molecule is Cc1ccc(NC(=O)COc2ccccc2Br)cc1S(=O)(=O)N(C)C. The van der Waals surface area contributed by atoms with Crippen molar-refractivity contribution >= 4 is 37.5 Å². The summed E-state index contributed by atoms with van der Waals surface area (Å²) in [5, 5.41) is 2.65. The molecule has 0 fully saturated rings. The van der Waals surface area contributed by atoms with E-state index in [0.717, 1.165) is 8.78 Å². The predicted molar refractivity (Wildman–Crippen MR) is 100 cm³/mol. The Hall–Kier alpha value is -1.90. The third-order valence-corrected chi connectivity index (χ3v) is 6.04. The maximum Gasteiger partial charge on any atom is 0.262 e. The van der Waals surface area contributed by atoms with E-state index >= 15 is 0 Å². The molecule has 134 valence electrons. The molecule has 0 saturated heterocycles. The number of rotatable bonds is 6. The van der Waals surface area contributed by atoms with E-state index in [1.54, 1.807) is 31.2 Å². The van der Waals surface area contributed by atoms with Gasteiger partial charge < -0.3 is 10.1 Å². The average Bonchev–Trinajstić information content (AvgIpc) is 2.55. The van der Waals surface area contributed by atoms with Gasteiger partial charge >= 0.3 is 0 Å². The molecule has 0 radical (unpaired) electrons. The number of benzene rings is 2. The average molecular weight is 427 g/mol. The van der Waals surface area contributed by atoms with Gasteiger partial charge in [0.1, 0.15) is 5.75 Å². The molecule has 25 heavy (non-hydrogen) atoms. The van der Waals surface area contributed by atoms with E-state index in [-0.39, 0.29) is 17.4 Å². The van der Waals surface area contributed by atoms with Crippen molar-refractivity contribution in [1.29, 1.82) is 0 Å². The number of hydrogen-bond acceptors (Lipinski definition) is 4. The van der Waals surface area contributed by atoms with Crippen LogP contribution in [0.5, 0.6) is 5.75 Å². The molecule has 0 atom stereocenters. The van der Waals surface area contributed by atoms with Crippen molar-refractivity contribution < 1.29 is 17.9 Å². The molecule has 2 aromatic rings. The molecule has 0 unspecified atom stereocenters. The topological polar surface area (TPSA) is 75.7 Å². The molecule has 2 rings (SSSR count). The third-order valence-electron chi connectivity index (χ3n) is 3.43. The summed E-state index contributed by atoms with van der Waals surface area (Å²) < 4.78 is 32.0. The van der Waals surface area contributed by atoms with Crippen molar-refractivity contribution in [3.05, 3.63) is 52.5 Å². The van der Waals surface area contributed by atoms with Crippen LogP contribution >= 0.6 is 15.9 Å². The highest BCUT2D eigenvalue weighted by Crippen LogP contribution is 2.24. The van der Waals surface area contributed by atoms with Crippen molar-refractivity contribution in [1.82, 2.24) is 4.31 Å². The second-order valence-corrected chi connectivity index (χ2v) is 8.51. The maximum atomic E-state index is 12.3. The molecule has 0 spiro atoms. The number of ether oxygens (including phenoxy) is 1. The molecule has 0 aromatic heterocycles. The number of sulfonamides is 1. The molecule has 0 heterocycles. The number of amides is 1. The fourth-order valence-corrected chi connectivity index (χ4v) is 3.60. The van der Waals surface area contributed by atoms with Crippen LogP contribution < -0.4 is 10.1 Å². The highest BCUT2D eigenvalue weighted by Gasteiger charge is 2.20. The van der Waals surface area contributed by atoms with Gasteiger partial charge in [-0.05, 0) is 52.7 Å². The number of carbonyl (C=O) groups is 1. The Kier molecular flexibility index (Phi) is 6.21. The number of nitrogens with zero attached hydrogens (tertiary/aromatic N) is 1. The number of anilines is 1. The van der Waals surface area contributed by atoms with Gasteiger partial charge in [0, 0.05) is 19.8 Å². The van der Waals surface area contributed by atoms with Gasteiger partial charge in [0.05, 0.1) is 9.37 Å². The fourth-order valence-electron chi connectivity index (χ4n) is 2.05. The summed E-state index contributed by atoms with van der Waals surface area (Å²) in [5.41, 5.74) is 1.00. The summed E-state index contributed by atoms with van der Waals surface area (Å²) in [6, 6.07) is 11.9. The Morgan fingerprint density at radius 3 is 2.52 bits per heavy atom. The van der Waals surface area contributed by atoms with Crippen molar-refractivity contribution in [2.75, 3.05) is 26.0 Å². The summed E-state index contributed by atoms with van der Waals surface area (Å²) in [7, 11) is -0.654. The van der Waals surface area contributed by atoms with E-state index in [9.17, 15) is 13.2 Å². The lowest BCUT2D eigenvalue weighted by Gasteiger charge is -2.15. The van der Waals surface area contributed by atoms with Gasteiger partial charge in [0.25, 0.3) is 5.91 Å². The minimum absolute atomic E-state index is 0.155. The molecule has 0 aliphatic carbocycles. The van der Waals surface area contributed by atoms with E-state index in [0.29, 0.717) is 17.0 Å². The second kappa shape index (κ2) is 7.99. The molecule has 6 nitrogen and oxygen atoms in total. The summed E-state index contributed by atoms with van der Waals surface area (Å²) in [6.45, 7) is 1.52. The Balaban J connectivity index is 2.10. The molecule has 0 bridgehead atoms.